The highest BCUT2D eigenvalue weighted by atomic mass is 32.2. The third-order valence-corrected chi connectivity index (χ3v) is 7.60. The van der Waals surface area contributed by atoms with E-state index in [2.05, 4.69) is 0 Å². The van der Waals surface area contributed by atoms with Gasteiger partial charge in [-0.25, -0.2) is 8.42 Å². The van der Waals surface area contributed by atoms with Crippen LogP contribution in [0.5, 0.6) is 0 Å². The number of hydrogen-bond acceptors (Lipinski definition) is 5. The van der Waals surface area contributed by atoms with Crippen molar-refractivity contribution in [1.82, 2.24) is 4.90 Å². The first-order valence-corrected chi connectivity index (χ1v) is 10.1. The van der Waals surface area contributed by atoms with Gasteiger partial charge >= 0.3 is 5.97 Å². The molecule has 2 aliphatic rings. The van der Waals surface area contributed by atoms with Crippen molar-refractivity contribution in [2.24, 2.45) is 11.8 Å². The van der Waals surface area contributed by atoms with E-state index in [1.165, 1.54) is 4.90 Å². The monoisotopic (exact) mass is 335 g/mol. The molecule has 1 saturated heterocycles. The molecule has 0 bridgehead atoms. The maximum Gasteiger partial charge on any atom is 0.306 e. The normalized spacial score (nSPS) is 30.3. The Morgan fingerprint density at radius 3 is 2.52 bits per heavy atom. The summed E-state index contributed by atoms with van der Waals surface area (Å²) < 4.78 is 24.3. The number of carboxylic acid groups (broad SMARTS) is 1. The van der Waals surface area contributed by atoms with Gasteiger partial charge in [0.05, 0.1) is 5.92 Å². The summed E-state index contributed by atoms with van der Waals surface area (Å²) in [6.07, 6.45) is 1.37. The third-order valence-electron chi connectivity index (χ3n) is 4.32. The molecule has 1 aliphatic carbocycles. The highest BCUT2D eigenvalue weighted by Gasteiger charge is 2.41. The smallest absolute Gasteiger partial charge is 0.306 e. The molecular weight excluding hydrogens is 314 g/mol. The van der Waals surface area contributed by atoms with Crippen LogP contribution < -0.4 is 0 Å². The molecule has 0 spiro atoms. The number of thioether (sulfide) groups is 1. The molecule has 1 aliphatic heterocycles. The van der Waals surface area contributed by atoms with Gasteiger partial charge in [-0.15, -0.1) is 0 Å². The standard InChI is InChI=1S/C13H21NO5S2/c1-2-21(18,19)11-8-20-6-5-14(11)12(15)9-3-4-10(7-9)13(16)17/h9-11H,2-8H2,1H3,(H,16,17)/t9-,10+,11?/m1/s1. The van der Waals surface area contributed by atoms with E-state index in [-0.39, 0.29) is 17.6 Å². The largest absolute Gasteiger partial charge is 0.481 e. The number of sulfone groups is 1. The lowest BCUT2D eigenvalue weighted by atomic mass is 10.0. The van der Waals surface area contributed by atoms with Crippen molar-refractivity contribution in [2.75, 3.05) is 23.8 Å². The van der Waals surface area contributed by atoms with Gasteiger partial charge in [0.15, 0.2) is 9.84 Å². The topological polar surface area (TPSA) is 91.8 Å². The van der Waals surface area contributed by atoms with Crippen LogP contribution in [0.2, 0.25) is 0 Å². The van der Waals surface area contributed by atoms with Gasteiger partial charge in [-0.3, -0.25) is 9.59 Å². The summed E-state index contributed by atoms with van der Waals surface area (Å²) in [6.45, 7) is 2.02. The summed E-state index contributed by atoms with van der Waals surface area (Å²) in [4.78, 5) is 25.1. The minimum atomic E-state index is -3.31. The predicted octanol–water partition coefficient (Wildman–Crippen LogP) is 0.823. The number of amides is 1. The van der Waals surface area contributed by atoms with Crippen LogP contribution in [0, 0.1) is 11.8 Å². The minimum absolute atomic E-state index is 0.0183. The average molecular weight is 335 g/mol. The Hall–Kier alpha value is -0.760. The van der Waals surface area contributed by atoms with Crippen LogP contribution in [0.15, 0.2) is 0 Å². The van der Waals surface area contributed by atoms with E-state index < -0.39 is 27.1 Å². The van der Waals surface area contributed by atoms with Crippen LogP contribution in [0.4, 0.5) is 0 Å². The molecule has 2 fully saturated rings. The van der Waals surface area contributed by atoms with Crippen molar-refractivity contribution in [1.29, 1.82) is 0 Å². The summed E-state index contributed by atoms with van der Waals surface area (Å²) >= 11 is 1.55. The number of carbonyl (C=O) groups is 2. The zero-order chi connectivity index (χ0) is 15.6. The molecule has 2 rings (SSSR count). The Balaban J connectivity index is 2.11. The maximum absolute atomic E-state index is 12.6. The zero-order valence-electron chi connectivity index (χ0n) is 12.0. The van der Waals surface area contributed by atoms with Gasteiger partial charge in [-0.05, 0) is 19.3 Å². The second-order valence-corrected chi connectivity index (χ2v) is 9.15. The van der Waals surface area contributed by atoms with Crippen molar-refractivity contribution in [3.05, 3.63) is 0 Å². The number of nitrogens with zero attached hydrogens (tertiary/aromatic N) is 1. The number of carbonyl (C=O) groups excluding carboxylic acids is 1. The quantitative estimate of drug-likeness (QED) is 0.818. The highest BCUT2D eigenvalue weighted by Crippen LogP contribution is 2.34. The SMILES string of the molecule is CCS(=O)(=O)C1CSCCN1C(=O)[C@@H]1CC[C@H](C(=O)O)C1. The van der Waals surface area contributed by atoms with Gasteiger partial charge in [0, 0.05) is 29.7 Å². The fourth-order valence-corrected chi connectivity index (χ4v) is 5.96. The van der Waals surface area contributed by atoms with Crippen molar-refractivity contribution in [3.8, 4) is 0 Å². The first-order chi connectivity index (χ1) is 9.86. The summed E-state index contributed by atoms with van der Waals surface area (Å²) in [6, 6.07) is 0. The van der Waals surface area contributed by atoms with Crippen LogP contribution in [-0.4, -0.2) is 59.5 Å². The second kappa shape index (κ2) is 6.56. The molecule has 0 aromatic carbocycles. The van der Waals surface area contributed by atoms with E-state index in [0.29, 0.717) is 31.6 Å². The lowest BCUT2D eigenvalue weighted by Crippen LogP contribution is -2.52. The van der Waals surface area contributed by atoms with Crippen LogP contribution >= 0.6 is 11.8 Å². The fraction of sp³-hybridized carbons (Fsp3) is 0.846. The molecule has 120 valence electrons. The Morgan fingerprint density at radius 1 is 1.29 bits per heavy atom. The first-order valence-electron chi connectivity index (χ1n) is 7.19. The van der Waals surface area contributed by atoms with Gasteiger partial charge in [0.2, 0.25) is 5.91 Å². The average Bonchev–Trinajstić information content (AvgIpc) is 2.96. The molecule has 6 nitrogen and oxygen atoms in total. The van der Waals surface area contributed by atoms with Crippen LogP contribution in [-0.2, 0) is 19.4 Å². The Kier molecular flexibility index (Phi) is 5.19. The molecule has 1 N–H and O–H groups in total. The summed E-state index contributed by atoms with van der Waals surface area (Å²) in [5.74, 6) is -0.695. The number of hydrogen-bond donors (Lipinski definition) is 1. The Morgan fingerprint density at radius 2 is 1.95 bits per heavy atom. The number of aliphatic carboxylic acids is 1. The van der Waals surface area contributed by atoms with Gasteiger partial charge in [-0.1, -0.05) is 6.92 Å². The van der Waals surface area contributed by atoms with E-state index in [4.69, 9.17) is 5.11 Å². The predicted molar refractivity (Wildman–Crippen MR) is 80.8 cm³/mol. The summed E-state index contributed by atoms with van der Waals surface area (Å²) in [5.41, 5.74) is 0. The van der Waals surface area contributed by atoms with Crippen molar-refractivity contribution in [2.45, 2.75) is 31.6 Å². The molecule has 8 heteroatoms. The molecule has 0 radical (unpaired) electrons. The number of rotatable bonds is 4. The fourth-order valence-electron chi connectivity index (χ4n) is 2.99. The lowest BCUT2D eigenvalue weighted by molar-refractivity contribution is -0.141. The molecule has 1 amide bonds. The Labute approximate surface area is 129 Å². The summed E-state index contributed by atoms with van der Waals surface area (Å²) in [5, 5.41) is 8.27. The minimum Gasteiger partial charge on any atom is -0.481 e. The molecule has 1 saturated carbocycles. The van der Waals surface area contributed by atoms with Crippen LogP contribution in [0.1, 0.15) is 26.2 Å². The molecule has 3 atom stereocenters. The first kappa shape index (κ1) is 16.6. The molecule has 1 unspecified atom stereocenters. The van der Waals surface area contributed by atoms with E-state index in [9.17, 15) is 18.0 Å². The lowest BCUT2D eigenvalue weighted by Gasteiger charge is -2.36. The van der Waals surface area contributed by atoms with E-state index in [1.807, 2.05) is 0 Å². The Bertz CT molecular complexity index is 519. The summed E-state index contributed by atoms with van der Waals surface area (Å²) in [7, 11) is -3.31. The zero-order valence-corrected chi connectivity index (χ0v) is 13.7. The van der Waals surface area contributed by atoms with Crippen LogP contribution in [0.25, 0.3) is 0 Å². The van der Waals surface area contributed by atoms with Gasteiger partial charge < -0.3 is 10.0 Å². The van der Waals surface area contributed by atoms with E-state index >= 15 is 0 Å². The van der Waals surface area contributed by atoms with E-state index in [1.54, 1.807) is 18.7 Å². The number of carboxylic acids is 1. The van der Waals surface area contributed by atoms with Gasteiger partial charge in [0.25, 0.3) is 0 Å². The van der Waals surface area contributed by atoms with Crippen molar-refractivity contribution < 1.29 is 23.1 Å². The molecule has 0 aromatic heterocycles. The maximum atomic E-state index is 12.6. The molecule has 21 heavy (non-hydrogen) atoms. The van der Waals surface area contributed by atoms with Crippen molar-refractivity contribution >= 4 is 33.5 Å². The molecule has 0 aromatic rings. The molecule has 1 heterocycles. The second-order valence-electron chi connectivity index (χ2n) is 5.56. The van der Waals surface area contributed by atoms with Gasteiger partial charge in [-0.2, -0.15) is 11.8 Å². The van der Waals surface area contributed by atoms with Gasteiger partial charge in [0.1, 0.15) is 5.37 Å². The highest BCUT2D eigenvalue weighted by molar-refractivity contribution is 8.01. The van der Waals surface area contributed by atoms with Crippen molar-refractivity contribution in [3.63, 3.8) is 0 Å². The molecular formula is C13H21NO5S2. The van der Waals surface area contributed by atoms with Crippen LogP contribution in [0.3, 0.4) is 0 Å². The third kappa shape index (κ3) is 3.53. The van der Waals surface area contributed by atoms with E-state index in [0.717, 1.165) is 5.75 Å².